The van der Waals surface area contributed by atoms with Crippen LogP contribution in [-0.4, -0.2) is 32.8 Å². The number of fused-ring (bicyclic) bond motifs is 4. The van der Waals surface area contributed by atoms with Crippen LogP contribution in [-0.2, 0) is 9.59 Å². The Morgan fingerprint density at radius 2 is 1.81 bits per heavy atom. The molecule has 0 N–H and O–H groups in total. The van der Waals surface area contributed by atoms with Crippen LogP contribution in [0.25, 0.3) is 22.0 Å². The van der Waals surface area contributed by atoms with Gasteiger partial charge in [0.25, 0.3) is 0 Å². The molecular weight excluding hydrogens is 476 g/mol. The fraction of sp³-hybridized carbons (Fsp3) is 0.222. The highest BCUT2D eigenvalue weighted by Crippen LogP contribution is 2.46. The zero-order chi connectivity index (χ0) is 25.2. The van der Waals surface area contributed by atoms with Crippen molar-refractivity contribution in [1.29, 1.82) is 0 Å². The molecule has 1 amide bonds. The Morgan fingerprint density at radius 1 is 1.03 bits per heavy atom. The van der Waals surface area contributed by atoms with Crippen molar-refractivity contribution in [3.63, 3.8) is 0 Å². The molecule has 2 heterocycles. The van der Waals surface area contributed by atoms with Gasteiger partial charge in [-0.3, -0.25) is 14.5 Å². The molecule has 1 aliphatic rings. The van der Waals surface area contributed by atoms with Crippen molar-refractivity contribution in [2.45, 2.75) is 38.6 Å². The number of amides is 1. The summed E-state index contributed by atoms with van der Waals surface area (Å²) >= 11 is 1.48. The molecule has 1 atom stereocenters. The van der Waals surface area contributed by atoms with Gasteiger partial charge in [-0.1, -0.05) is 67.2 Å². The van der Waals surface area contributed by atoms with Crippen LogP contribution in [0.1, 0.15) is 39.0 Å². The van der Waals surface area contributed by atoms with Crippen LogP contribution >= 0.6 is 11.8 Å². The topological polar surface area (TPSA) is 94.5 Å². The van der Waals surface area contributed by atoms with Crippen LogP contribution in [0.3, 0.4) is 0 Å². The van der Waals surface area contributed by atoms with Crippen LogP contribution in [0.15, 0.2) is 65.8 Å². The molecule has 0 unspecified atom stereocenters. The summed E-state index contributed by atoms with van der Waals surface area (Å²) in [7, 11) is 0. The average Bonchev–Trinajstić information content (AvgIpc) is 3.01. The molecule has 8 nitrogen and oxygen atoms in total. The van der Waals surface area contributed by atoms with Crippen LogP contribution in [0.5, 0.6) is 11.6 Å². The maximum atomic E-state index is 13.2. The number of benzene rings is 3. The number of esters is 1. The van der Waals surface area contributed by atoms with Gasteiger partial charge in [0, 0.05) is 25.2 Å². The normalized spacial score (nSPS) is 14.4. The molecule has 0 spiro atoms. The Balaban J connectivity index is 1.79. The summed E-state index contributed by atoms with van der Waals surface area (Å²) in [6, 6.07) is 18.7. The summed E-state index contributed by atoms with van der Waals surface area (Å²) in [6.45, 7) is 4.89. The average molecular weight is 501 g/mol. The predicted molar refractivity (Wildman–Crippen MR) is 138 cm³/mol. The van der Waals surface area contributed by atoms with Gasteiger partial charge in [-0.25, -0.2) is 0 Å². The summed E-state index contributed by atoms with van der Waals surface area (Å²) in [5.74, 6) is 0.667. The lowest BCUT2D eigenvalue weighted by molar-refractivity contribution is -0.131. The Hall–Kier alpha value is -3.98. The second-order valence-electron chi connectivity index (χ2n) is 8.27. The molecule has 4 aromatic rings. The molecular formula is C27H24N4O4S. The highest BCUT2D eigenvalue weighted by Gasteiger charge is 2.37. The van der Waals surface area contributed by atoms with Gasteiger partial charge in [0.05, 0.1) is 11.3 Å². The van der Waals surface area contributed by atoms with Crippen molar-refractivity contribution in [1.82, 2.24) is 15.2 Å². The molecule has 9 heteroatoms. The van der Waals surface area contributed by atoms with E-state index in [1.165, 1.54) is 25.6 Å². The summed E-state index contributed by atoms with van der Waals surface area (Å²) in [5.41, 5.74) is 2.25. The largest absolute Gasteiger partial charge is 0.447 e. The van der Waals surface area contributed by atoms with E-state index in [4.69, 9.17) is 9.47 Å². The van der Waals surface area contributed by atoms with Gasteiger partial charge in [-0.05, 0) is 29.3 Å². The quantitative estimate of drug-likeness (QED) is 0.200. The fourth-order valence-electron chi connectivity index (χ4n) is 4.27. The minimum atomic E-state index is -0.980. The van der Waals surface area contributed by atoms with E-state index in [2.05, 4.69) is 22.1 Å². The van der Waals surface area contributed by atoms with E-state index < -0.39 is 12.2 Å². The van der Waals surface area contributed by atoms with Crippen molar-refractivity contribution in [3.05, 3.63) is 66.2 Å². The second kappa shape index (κ2) is 9.94. The van der Waals surface area contributed by atoms with Crippen molar-refractivity contribution in [2.75, 3.05) is 10.7 Å². The van der Waals surface area contributed by atoms with Gasteiger partial charge in [0.15, 0.2) is 5.69 Å². The molecule has 182 valence electrons. The minimum Gasteiger partial charge on any atom is -0.447 e. The van der Waals surface area contributed by atoms with Crippen molar-refractivity contribution < 1.29 is 19.1 Å². The number of hydrogen-bond acceptors (Lipinski definition) is 8. The van der Waals surface area contributed by atoms with Gasteiger partial charge >= 0.3 is 5.97 Å². The predicted octanol–water partition coefficient (Wildman–Crippen LogP) is 5.56. The zero-order valence-electron chi connectivity index (χ0n) is 20.1. The summed E-state index contributed by atoms with van der Waals surface area (Å²) in [6.07, 6.45) is -0.0248. The van der Waals surface area contributed by atoms with E-state index >= 15 is 0 Å². The summed E-state index contributed by atoms with van der Waals surface area (Å²) in [4.78, 5) is 31.5. The van der Waals surface area contributed by atoms with E-state index in [-0.39, 0.29) is 11.8 Å². The summed E-state index contributed by atoms with van der Waals surface area (Å²) in [5, 5.41) is 10.9. The molecule has 0 bridgehead atoms. The number of anilines is 1. The maximum absolute atomic E-state index is 13.2. The van der Waals surface area contributed by atoms with Crippen molar-refractivity contribution in [3.8, 4) is 22.9 Å². The van der Waals surface area contributed by atoms with Crippen LogP contribution < -0.4 is 14.4 Å². The minimum absolute atomic E-state index is 0.254. The molecule has 0 radical (unpaired) electrons. The van der Waals surface area contributed by atoms with Crippen molar-refractivity contribution >= 4 is 40.1 Å². The van der Waals surface area contributed by atoms with E-state index in [9.17, 15) is 9.59 Å². The highest BCUT2D eigenvalue weighted by molar-refractivity contribution is 7.99. The number of carbonyl (C=O) groups is 2. The lowest BCUT2D eigenvalue weighted by atomic mass is 10.0. The molecule has 5 rings (SSSR count). The van der Waals surface area contributed by atoms with Crippen LogP contribution in [0.4, 0.5) is 5.69 Å². The molecule has 0 aliphatic carbocycles. The number of carbonyl (C=O) groups excluding carboxylic acids is 2. The first-order valence-electron chi connectivity index (χ1n) is 11.6. The first-order chi connectivity index (χ1) is 17.5. The number of nitrogens with zero attached hydrogens (tertiary/aromatic N) is 4. The van der Waals surface area contributed by atoms with Gasteiger partial charge in [-0.15, -0.1) is 10.2 Å². The summed E-state index contributed by atoms with van der Waals surface area (Å²) < 4.78 is 12.2. The third-order valence-corrected chi connectivity index (χ3v) is 6.76. The number of hydrogen-bond donors (Lipinski definition) is 0. The third-order valence-electron chi connectivity index (χ3n) is 5.72. The first kappa shape index (κ1) is 23.7. The van der Waals surface area contributed by atoms with E-state index in [0.29, 0.717) is 33.4 Å². The zero-order valence-corrected chi connectivity index (χ0v) is 20.9. The standard InChI is InChI=1S/C27H24N4O4S/c1-4-15-36-27-28-25-24(29-30-27)20-11-7-8-12-21(20)31(16(2)32)26(35-25)23-19-10-6-5-9-18(19)13-14-22(23)34-17(3)33/h5-14,26H,4,15H2,1-3H3/t26-/m0/s1. The van der Waals surface area contributed by atoms with Gasteiger partial charge in [-0.2, -0.15) is 4.98 Å². The SMILES string of the molecule is CCCSc1nnc2c(n1)O[C@@H](c1c(OC(C)=O)ccc3ccccc13)N(C(C)=O)c1ccccc1-2. The molecule has 0 fully saturated rings. The number of para-hydroxylation sites is 1. The smallest absolute Gasteiger partial charge is 0.308 e. The molecule has 0 saturated heterocycles. The molecule has 0 saturated carbocycles. The van der Waals surface area contributed by atoms with Gasteiger partial charge < -0.3 is 9.47 Å². The van der Waals surface area contributed by atoms with Gasteiger partial charge in [0.2, 0.25) is 23.2 Å². The Kier molecular flexibility index (Phi) is 6.56. The van der Waals surface area contributed by atoms with Crippen LogP contribution in [0.2, 0.25) is 0 Å². The highest BCUT2D eigenvalue weighted by atomic mass is 32.2. The molecule has 1 aromatic heterocycles. The first-order valence-corrected chi connectivity index (χ1v) is 12.6. The number of thioether (sulfide) groups is 1. The van der Waals surface area contributed by atoms with E-state index in [0.717, 1.165) is 22.9 Å². The molecule has 36 heavy (non-hydrogen) atoms. The number of rotatable bonds is 5. The number of aromatic nitrogens is 3. The Labute approximate surface area is 212 Å². The molecule has 1 aliphatic heterocycles. The van der Waals surface area contributed by atoms with Crippen molar-refractivity contribution in [2.24, 2.45) is 0 Å². The maximum Gasteiger partial charge on any atom is 0.308 e. The number of ether oxygens (including phenoxy) is 2. The Morgan fingerprint density at radius 3 is 2.58 bits per heavy atom. The lowest BCUT2D eigenvalue weighted by Crippen LogP contribution is -2.36. The van der Waals surface area contributed by atoms with Crippen LogP contribution in [0, 0.1) is 0 Å². The molecule has 3 aromatic carbocycles. The lowest BCUT2D eigenvalue weighted by Gasteiger charge is -2.31. The monoisotopic (exact) mass is 500 g/mol. The van der Waals surface area contributed by atoms with Gasteiger partial charge in [0.1, 0.15) is 5.75 Å². The van der Waals surface area contributed by atoms with E-state index in [1.54, 1.807) is 11.0 Å². The van der Waals surface area contributed by atoms with E-state index in [1.807, 2.05) is 54.6 Å². The second-order valence-corrected chi connectivity index (χ2v) is 9.33. The fourth-order valence-corrected chi connectivity index (χ4v) is 4.90. The third kappa shape index (κ3) is 4.37. The Bertz CT molecular complexity index is 1480.